The fourth-order valence-electron chi connectivity index (χ4n) is 5.12. The average molecular weight is 468 g/mol. The summed E-state index contributed by atoms with van der Waals surface area (Å²) >= 11 is 0. The topological polar surface area (TPSA) is 105 Å². The monoisotopic (exact) mass is 467 g/mol. The summed E-state index contributed by atoms with van der Waals surface area (Å²) in [7, 11) is 1.63. The predicted molar refractivity (Wildman–Crippen MR) is 131 cm³/mol. The molecule has 0 amide bonds. The van der Waals surface area contributed by atoms with Crippen LogP contribution >= 0.6 is 0 Å². The molecule has 1 unspecified atom stereocenters. The van der Waals surface area contributed by atoms with Crippen LogP contribution in [0, 0.1) is 5.41 Å². The third kappa shape index (κ3) is 3.44. The van der Waals surface area contributed by atoms with E-state index in [2.05, 4.69) is 23.9 Å². The summed E-state index contributed by atoms with van der Waals surface area (Å²) < 4.78 is 13.7. The van der Waals surface area contributed by atoms with E-state index in [0.29, 0.717) is 58.5 Å². The number of allylic oxidation sites excluding steroid dienone is 2. The van der Waals surface area contributed by atoms with Crippen LogP contribution < -0.4 is 15.2 Å². The fourth-order valence-corrected chi connectivity index (χ4v) is 5.12. The minimum atomic E-state index is -0.437. The first-order chi connectivity index (χ1) is 16.8. The molecule has 0 fully saturated rings. The van der Waals surface area contributed by atoms with E-state index in [1.807, 2.05) is 48.5 Å². The standard InChI is InChI=1S/C27H25N5O3/c1-27(2)12-18(33)22-20(13-27)35-26-23(21(22)17-6-4-5-7-19(17)34-3)25-30-24(31-32(25)14-29-26)15-8-10-16(28)11-9-15/h4-11,14,21H,12-13,28H2,1-3H3. The lowest BCUT2D eigenvalue weighted by atomic mass is 9.70. The number of ether oxygens (including phenoxy) is 2. The molecule has 1 aliphatic carbocycles. The summed E-state index contributed by atoms with van der Waals surface area (Å²) in [5.41, 5.74) is 9.96. The molecule has 4 aromatic rings. The van der Waals surface area contributed by atoms with E-state index in [1.54, 1.807) is 18.0 Å². The van der Waals surface area contributed by atoms with Gasteiger partial charge in [0.1, 0.15) is 17.8 Å². The highest BCUT2D eigenvalue weighted by atomic mass is 16.5. The summed E-state index contributed by atoms with van der Waals surface area (Å²) in [6.45, 7) is 4.17. The van der Waals surface area contributed by atoms with Gasteiger partial charge in [0.25, 0.3) is 0 Å². The van der Waals surface area contributed by atoms with Gasteiger partial charge >= 0.3 is 0 Å². The SMILES string of the molecule is COc1ccccc1C1C2=C(CC(C)(C)CC2=O)Oc2ncn3nc(-c4ccc(N)cc4)nc3c21. The number of nitrogens with two attached hydrogens (primary N) is 1. The lowest BCUT2D eigenvalue weighted by molar-refractivity contribution is -0.118. The Hall–Kier alpha value is -4.20. The quantitative estimate of drug-likeness (QED) is 0.441. The zero-order valence-corrected chi connectivity index (χ0v) is 19.8. The Labute approximate surface area is 202 Å². The molecule has 1 atom stereocenters. The van der Waals surface area contributed by atoms with E-state index in [-0.39, 0.29) is 11.2 Å². The van der Waals surface area contributed by atoms with Crippen LogP contribution in [0.2, 0.25) is 0 Å². The number of Topliss-reactive ketones (excluding diaryl/α,β-unsaturated/α-hetero) is 1. The number of hydrogen-bond donors (Lipinski definition) is 1. The molecule has 176 valence electrons. The maximum Gasteiger partial charge on any atom is 0.228 e. The number of carbonyl (C=O) groups excluding carboxylic acids is 1. The first-order valence-electron chi connectivity index (χ1n) is 11.5. The summed E-state index contributed by atoms with van der Waals surface area (Å²) in [5.74, 6) is 1.97. The Bertz CT molecular complexity index is 1520. The van der Waals surface area contributed by atoms with Crippen molar-refractivity contribution >= 4 is 17.1 Å². The average Bonchev–Trinajstić information content (AvgIpc) is 3.27. The molecule has 0 spiro atoms. The van der Waals surface area contributed by atoms with Crippen LogP contribution in [0.25, 0.3) is 17.0 Å². The van der Waals surface area contributed by atoms with Gasteiger partial charge in [-0.2, -0.15) is 0 Å². The lowest BCUT2D eigenvalue weighted by Crippen LogP contribution is -2.33. The molecule has 35 heavy (non-hydrogen) atoms. The van der Waals surface area contributed by atoms with Crippen molar-refractivity contribution in [2.45, 2.75) is 32.6 Å². The number of aromatic nitrogens is 4. The molecule has 2 aliphatic rings. The summed E-state index contributed by atoms with van der Waals surface area (Å²) in [5, 5.41) is 4.65. The van der Waals surface area contributed by atoms with Gasteiger partial charge in [0.15, 0.2) is 17.3 Å². The largest absolute Gasteiger partial charge is 0.496 e. The van der Waals surface area contributed by atoms with Crippen molar-refractivity contribution in [1.82, 2.24) is 19.6 Å². The van der Waals surface area contributed by atoms with E-state index in [4.69, 9.17) is 20.2 Å². The van der Waals surface area contributed by atoms with Gasteiger partial charge in [0, 0.05) is 35.2 Å². The van der Waals surface area contributed by atoms with Crippen molar-refractivity contribution < 1.29 is 14.3 Å². The van der Waals surface area contributed by atoms with E-state index in [1.165, 1.54) is 0 Å². The minimum absolute atomic E-state index is 0.0677. The number of hydrogen-bond acceptors (Lipinski definition) is 7. The van der Waals surface area contributed by atoms with E-state index in [9.17, 15) is 4.79 Å². The molecule has 8 heteroatoms. The van der Waals surface area contributed by atoms with Gasteiger partial charge in [-0.3, -0.25) is 4.79 Å². The fraction of sp³-hybridized carbons (Fsp3) is 0.259. The molecule has 0 radical (unpaired) electrons. The van der Waals surface area contributed by atoms with Crippen LogP contribution in [0.15, 0.2) is 66.2 Å². The second kappa shape index (κ2) is 7.66. The molecule has 3 heterocycles. The number of methoxy groups -OCH3 is 1. The second-order valence-corrected chi connectivity index (χ2v) is 9.84. The molecule has 8 nitrogen and oxygen atoms in total. The van der Waals surface area contributed by atoms with Crippen molar-refractivity contribution in [3.05, 3.63) is 77.3 Å². The number of fused-ring (bicyclic) bond motifs is 3. The van der Waals surface area contributed by atoms with Crippen molar-refractivity contribution in [2.24, 2.45) is 5.41 Å². The van der Waals surface area contributed by atoms with Crippen molar-refractivity contribution in [2.75, 3.05) is 12.8 Å². The van der Waals surface area contributed by atoms with E-state index in [0.717, 1.165) is 11.1 Å². The van der Waals surface area contributed by atoms with Gasteiger partial charge in [-0.15, -0.1) is 5.10 Å². The number of nitrogen functional groups attached to an aromatic ring is 1. The van der Waals surface area contributed by atoms with Gasteiger partial charge in [0.05, 0.1) is 18.6 Å². The Morgan fingerprint density at radius 2 is 1.89 bits per heavy atom. The molecule has 6 rings (SSSR count). The third-order valence-corrected chi connectivity index (χ3v) is 6.68. The number of benzene rings is 2. The molecule has 2 aromatic carbocycles. The number of anilines is 1. The molecular formula is C27H25N5O3. The highest BCUT2D eigenvalue weighted by molar-refractivity contribution is 6.00. The number of ketones is 1. The van der Waals surface area contributed by atoms with Crippen LogP contribution in [-0.2, 0) is 4.79 Å². The van der Waals surface area contributed by atoms with Crippen LogP contribution in [0.5, 0.6) is 11.6 Å². The molecule has 1 aliphatic heterocycles. The van der Waals surface area contributed by atoms with Gasteiger partial charge in [-0.25, -0.2) is 14.5 Å². The second-order valence-electron chi connectivity index (χ2n) is 9.84. The third-order valence-electron chi connectivity index (χ3n) is 6.68. The Balaban J connectivity index is 1.62. The maximum atomic E-state index is 13.6. The van der Waals surface area contributed by atoms with Crippen LogP contribution in [-0.4, -0.2) is 32.5 Å². The zero-order valence-electron chi connectivity index (χ0n) is 19.8. The van der Waals surface area contributed by atoms with Gasteiger partial charge in [0.2, 0.25) is 5.88 Å². The van der Waals surface area contributed by atoms with E-state index < -0.39 is 5.92 Å². The first kappa shape index (κ1) is 21.3. The predicted octanol–water partition coefficient (Wildman–Crippen LogP) is 4.55. The van der Waals surface area contributed by atoms with Crippen molar-refractivity contribution in [3.63, 3.8) is 0 Å². The number of nitrogens with zero attached hydrogens (tertiary/aromatic N) is 4. The molecule has 0 saturated carbocycles. The van der Waals surface area contributed by atoms with Crippen molar-refractivity contribution in [3.8, 4) is 23.0 Å². The highest BCUT2D eigenvalue weighted by Gasteiger charge is 2.44. The lowest BCUT2D eigenvalue weighted by Gasteiger charge is -2.37. The zero-order chi connectivity index (χ0) is 24.3. The Morgan fingerprint density at radius 1 is 1.11 bits per heavy atom. The van der Waals surface area contributed by atoms with Crippen molar-refractivity contribution in [1.29, 1.82) is 0 Å². The Morgan fingerprint density at radius 3 is 2.66 bits per heavy atom. The molecule has 2 N–H and O–H groups in total. The highest BCUT2D eigenvalue weighted by Crippen LogP contribution is 2.51. The van der Waals surface area contributed by atoms with Crippen LogP contribution in [0.4, 0.5) is 5.69 Å². The molecule has 2 aromatic heterocycles. The summed E-state index contributed by atoms with van der Waals surface area (Å²) in [6, 6.07) is 15.1. The van der Waals surface area contributed by atoms with Gasteiger partial charge in [-0.05, 0) is 35.7 Å². The molecule has 0 saturated heterocycles. The van der Waals surface area contributed by atoms with Gasteiger partial charge in [-0.1, -0.05) is 32.0 Å². The summed E-state index contributed by atoms with van der Waals surface area (Å²) in [6.07, 6.45) is 2.69. The van der Waals surface area contributed by atoms with Gasteiger partial charge < -0.3 is 15.2 Å². The minimum Gasteiger partial charge on any atom is -0.496 e. The molecule has 0 bridgehead atoms. The number of para-hydroxylation sites is 1. The van der Waals surface area contributed by atoms with E-state index >= 15 is 0 Å². The number of rotatable bonds is 3. The summed E-state index contributed by atoms with van der Waals surface area (Å²) in [4.78, 5) is 23.0. The molecular weight excluding hydrogens is 442 g/mol. The van der Waals surface area contributed by atoms with Crippen LogP contribution in [0.1, 0.15) is 43.7 Å². The smallest absolute Gasteiger partial charge is 0.228 e. The Kier molecular flexibility index (Phi) is 4.67. The maximum absolute atomic E-state index is 13.6. The first-order valence-corrected chi connectivity index (χ1v) is 11.5. The number of carbonyl (C=O) groups is 1. The normalized spacial score (nSPS) is 18.7. The van der Waals surface area contributed by atoms with Crippen LogP contribution in [0.3, 0.4) is 0 Å².